The van der Waals surface area contributed by atoms with Crippen LogP contribution in [0.3, 0.4) is 0 Å². The van der Waals surface area contributed by atoms with Gasteiger partial charge in [-0.3, -0.25) is 9.36 Å². The van der Waals surface area contributed by atoms with Crippen molar-refractivity contribution in [2.45, 2.75) is 44.2 Å². The summed E-state index contributed by atoms with van der Waals surface area (Å²) in [6, 6.07) is 9.66. The molecule has 2 atom stereocenters. The standard InChI is InChI=1S/C21H23ClN6O/c22-15-12-24-21(25-13-15)27-17-5-3-4-16(7-8-17)26-19-10-9-18(14-23-19)28-11-2-1-6-20(28)29/h1-2,6,9-14,16-17H,3-5,7-8H2,(H,23,26)(H,24,25,27)/t16?,17-/m0/s1. The zero-order valence-electron chi connectivity index (χ0n) is 16.0. The maximum atomic E-state index is 11.9. The first-order chi connectivity index (χ1) is 14.2. The molecule has 8 heteroatoms. The fourth-order valence-electron chi connectivity index (χ4n) is 3.62. The molecule has 3 heterocycles. The second-order valence-corrected chi connectivity index (χ2v) is 7.66. The van der Waals surface area contributed by atoms with E-state index in [0.29, 0.717) is 23.1 Å². The van der Waals surface area contributed by atoms with Gasteiger partial charge in [0.2, 0.25) is 5.95 Å². The van der Waals surface area contributed by atoms with Gasteiger partial charge in [0.05, 0.1) is 29.3 Å². The number of halogens is 1. The molecule has 0 saturated heterocycles. The second-order valence-electron chi connectivity index (χ2n) is 7.23. The molecule has 0 spiro atoms. The molecule has 0 radical (unpaired) electrons. The molecule has 3 aromatic rings. The largest absolute Gasteiger partial charge is 0.367 e. The Morgan fingerprint density at radius 1 is 0.897 bits per heavy atom. The van der Waals surface area contributed by atoms with Crippen molar-refractivity contribution in [3.8, 4) is 5.69 Å². The molecule has 0 aliphatic heterocycles. The first-order valence-electron chi connectivity index (χ1n) is 9.82. The Morgan fingerprint density at radius 2 is 1.66 bits per heavy atom. The highest BCUT2D eigenvalue weighted by Crippen LogP contribution is 2.23. The van der Waals surface area contributed by atoms with Gasteiger partial charge in [-0.1, -0.05) is 17.7 Å². The Labute approximate surface area is 174 Å². The van der Waals surface area contributed by atoms with Crippen LogP contribution in [0.2, 0.25) is 5.02 Å². The Morgan fingerprint density at radius 3 is 2.34 bits per heavy atom. The van der Waals surface area contributed by atoms with Gasteiger partial charge in [-0.15, -0.1) is 0 Å². The second kappa shape index (κ2) is 9.05. The number of nitrogens with one attached hydrogen (secondary N) is 2. The number of rotatable bonds is 5. The summed E-state index contributed by atoms with van der Waals surface area (Å²) in [5.74, 6) is 1.45. The van der Waals surface area contributed by atoms with Crippen molar-refractivity contribution in [3.05, 3.63) is 70.5 Å². The maximum absolute atomic E-state index is 11.9. The van der Waals surface area contributed by atoms with Crippen LogP contribution in [0.25, 0.3) is 5.69 Å². The summed E-state index contributed by atoms with van der Waals surface area (Å²) in [4.78, 5) is 24.9. The zero-order chi connectivity index (χ0) is 20.1. The molecule has 1 fully saturated rings. The lowest BCUT2D eigenvalue weighted by Crippen LogP contribution is -2.22. The van der Waals surface area contributed by atoms with E-state index in [9.17, 15) is 4.79 Å². The third-order valence-electron chi connectivity index (χ3n) is 5.12. The van der Waals surface area contributed by atoms with Gasteiger partial charge in [0.15, 0.2) is 0 Å². The Balaban J connectivity index is 1.33. The number of hydrogen-bond acceptors (Lipinski definition) is 6. The summed E-state index contributed by atoms with van der Waals surface area (Å²) in [6.45, 7) is 0. The summed E-state index contributed by atoms with van der Waals surface area (Å²) in [6.07, 6.45) is 12.0. The van der Waals surface area contributed by atoms with E-state index in [4.69, 9.17) is 11.6 Å². The molecular weight excluding hydrogens is 388 g/mol. The van der Waals surface area contributed by atoms with Crippen LogP contribution in [0.4, 0.5) is 11.8 Å². The third kappa shape index (κ3) is 5.12. The van der Waals surface area contributed by atoms with E-state index < -0.39 is 0 Å². The predicted molar refractivity (Wildman–Crippen MR) is 115 cm³/mol. The van der Waals surface area contributed by atoms with Gasteiger partial charge in [0.1, 0.15) is 5.82 Å². The van der Waals surface area contributed by atoms with Gasteiger partial charge in [-0.2, -0.15) is 0 Å². The van der Waals surface area contributed by atoms with Crippen LogP contribution in [-0.2, 0) is 0 Å². The van der Waals surface area contributed by atoms with Crippen molar-refractivity contribution in [1.29, 1.82) is 0 Å². The van der Waals surface area contributed by atoms with E-state index in [1.807, 2.05) is 18.2 Å². The normalized spacial score (nSPS) is 19.3. The van der Waals surface area contributed by atoms with Gasteiger partial charge in [-0.25, -0.2) is 15.0 Å². The molecule has 2 N–H and O–H groups in total. The molecule has 1 aliphatic rings. The maximum Gasteiger partial charge on any atom is 0.255 e. The van der Waals surface area contributed by atoms with Crippen molar-refractivity contribution < 1.29 is 0 Å². The summed E-state index contributed by atoms with van der Waals surface area (Å²) in [7, 11) is 0. The predicted octanol–water partition coefficient (Wildman–Crippen LogP) is 3.90. The molecule has 0 amide bonds. The van der Waals surface area contributed by atoms with E-state index in [2.05, 4.69) is 25.6 Å². The van der Waals surface area contributed by atoms with Gasteiger partial charge in [0, 0.05) is 24.3 Å². The summed E-state index contributed by atoms with van der Waals surface area (Å²) in [5, 5.41) is 7.48. The minimum atomic E-state index is -0.0676. The van der Waals surface area contributed by atoms with Crippen LogP contribution in [0.1, 0.15) is 32.1 Å². The SMILES string of the molecule is O=c1ccccn1-c1ccc(NC2CCC[C@H](Nc3ncc(Cl)cn3)CC2)nc1. The molecule has 29 heavy (non-hydrogen) atoms. The molecule has 3 aromatic heterocycles. The third-order valence-corrected chi connectivity index (χ3v) is 5.32. The van der Waals surface area contributed by atoms with Gasteiger partial charge in [-0.05, 0) is 50.3 Å². The lowest BCUT2D eigenvalue weighted by Gasteiger charge is -2.18. The van der Waals surface area contributed by atoms with E-state index >= 15 is 0 Å². The first kappa shape index (κ1) is 19.4. The molecule has 1 aliphatic carbocycles. The molecule has 7 nitrogen and oxygen atoms in total. The molecule has 0 aromatic carbocycles. The van der Waals surface area contributed by atoms with Gasteiger partial charge < -0.3 is 10.6 Å². The number of aromatic nitrogens is 4. The highest BCUT2D eigenvalue weighted by Gasteiger charge is 2.19. The van der Waals surface area contributed by atoms with E-state index in [1.54, 1.807) is 35.4 Å². The molecule has 150 valence electrons. The average molecular weight is 411 g/mol. The Bertz CT molecular complexity index is 989. The Hall–Kier alpha value is -2.93. The minimum Gasteiger partial charge on any atom is -0.367 e. The van der Waals surface area contributed by atoms with Crippen LogP contribution >= 0.6 is 11.6 Å². The number of nitrogens with zero attached hydrogens (tertiary/aromatic N) is 4. The summed E-state index contributed by atoms with van der Waals surface area (Å²) in [5.41, 5.74) is 0.691. The van der Waals surface area contributed by atoms with Crippen LogP contribution < -0.4 is 16.2 Å². The highest BCUT2D eigenvalue weighted by atomic mass is 35.5. The fraction of sp³-hybridized carbons (Fsp3) is 0.333. The molecule has 0 bridgehead atoms. The lowest BCUT2D eigenvalue weighted by molar-refractivity contribution is 0.601. The van der Waals surface area contributed by atoms with Crippen molar-refractivity contribution in [2.75, 3.05) is 10.6 Å². The summed E-state index contributed by atoms with van der Waals surface area (Å²) >= 11 is 5.85. The lowest BCUT2D eigenvalue weighted by atomic mass is 10.1. The van der Waals surface area contributed by atoms with Crippen LogP contribution in [0.15, 0.2) is 59.9 Å². The van der Waals surface area contributed by atoms with Crippen molar-refractivity contribution in [1.82, 2.24) is 19.5 Å². The first-order valence-corrected chi connectivity index (χ1v) is 10.2. The van der Waals surface area contributed by atoms with Gasteiger partial charge >= 0.3 is 0 Å². The van der Waals surface area contributed by atoms with E-state index in [-0.39, 0.29) is 5.56 Å². The van der Waals surface area contributed by atoms with E-state index in [1.165, 1.54) is 6.07 Å². The molecule has 1 unspecified atom stereocenters. The Kier molecular flexibility index (Phi) is 6.05. The smallest absolute Gasteiger partial charge is 0.255 e. The van der Waals surface area contributed by atoms with E-state index in [0.717, 1.165) is 43.6 Å². The summed E-state index contributed by atoms with van der Waals surface area (Å²) < 4.78 is 1.58. The molecule has 1 saturated carbocycles. The molecular formula is C21H23ClN6O. The van der Waals surface area contributed by atoms with Crippen LogP contribution in [0.5, 0.6) is 0 Å². The monoisotopic (exact) mass is 410 g/mol. The van der Waals surface area contributed by atoms with Gasteiger partial charge in [0.25, 0.3) is 5.56 Å². The zero-order valence-corrected chi connectivity index (χ0v) is 16.7. The molecule has 4 rings (SSSR count). The average Bonchev–Trinajstić information content (AvgIpc) is 2.96. The minimum absolute atomic E-state index is 0.0676. The number of pyridine rings is 2. The number of hydrogen-bond donors (Lipinski definition) is 2. The van der Waals surface area contributed by atoms with Crippen molar-refractivity contribution in [3.63, 3.8) is 0 Å². The quantitative estimate of drug-likeness (QED) is 0.620. The fourth-order valence-corrected chi connectivity index (χ4v) is 3.72. The van der Waals surface area contributed by atoms with Crippen molar-refractivity contribution in [2.24, 2.45) is 0 Å². The van der Waals surface area contributed by atoms with Crippen molar-refractivity contribution >= 4 is 23.4 Å². The highest BCUT2D eigenvalue weighted by molar-refractivity contribution is 6.30. The topological polar surface area (TPSA) is 84.7 Å². The van der Waals surface area contributed by atoms with Crippen LogP contribution in [0, 0.1) is 0 Å². The van der Waals surface area contributed by atoms with Crippen LogP contribution in [-0.4, -0.2) is 31.6 Å². The number of anilines is 2.